The first-order valence-electron chi connectivity index (χ1n) is 9.79. The van der Waals surface area contributed by atoms with Gasteiger partial charge in [0.1, 0.15) is 6.61 Å². The number of nitrogens with zero attached hydrogens (tertiary/aromatic N) is 4. The standard InChI is InChI=1S/C22H25N7O3/c1-28(2)10-11-32-22(31)27-18-8-6-15(7-9-18)20(30)29(24)19-5-3-4-16(12-19)17-13-25-21(23)26-14-17/h3-9,12-14H,10-11,24H2,1-2H3,(H,27,31)(H2,23,25,26). The lowest BCUT2D eigenvalue weighted by Gasteiger charge is -2.18. The van der Waals surface area contributed by atoms with Crippen LogP contribution in [0.4, 0.5) is 22.1 Å². The van der Waals surface area contributed by atoms with Gasteiger partial charge < -0.3 is 15.4 Å². The Balaban J connectivity index is 1.65. The maximum atomic E-state index is 12.8. The predicted octanol–water partition coefficient (Wildman–Crippen LogP) is 2.36. The highest BCUT2D eigenvalue weighted by atomic mass is 16.5. The van der Waals surface area contributed by atoms with E-state index >= 15 is 0 Å². The van der Waals surface area contributed by atoms with Gasteiger partial charge in [0.25, 0.3) is 5.91 Å². The summed E-state index contributed by atoms with van der Waals surface area (Å²) >= 11 is 0. The van der Waals surface area contributed by atoms with Crippen LogP contribution in [-0.2, 0) is 4.74 Å². The van der Waals surface area contributed by atoms with E-state index in [0.717, 1.165) is 16.1 Å². The molecule has 0 fully saturated rings. The average Bonchev–Trinajstić information content (AvgIpc) is 2.79. The van der Waals surface area contributed by atoms with Crippen LogP contribution in [0, 0.1) is 0 Å². The van der Waals surface area contributed by atoms with E-state index in [0.29, 0.717) is 23.5 Å². The largest absolute Gasteiger partial charge is 0.448 e. The van der Waals surface area contributed by atoms with Crippen LogP contribution in [0.5, 0.6) is 0 Å². The Bertz CT molecular complexity index is 1070. The molecule has 0 aliphatic heterocycles. The van der Waals surface area contributed by atoms with Crippen molar-refractivity contribution in [1.29, 1.82) is 0 Å². The molecule has 166 valence electrons. The normalized spacial score (nSPS) is 10.6. The summed E-state index contributed by atoms with van der Waals surface area (Å²) in [5.74, 6) is 5.85. The number of anilines is 3. The minimum absolute atomic E-state index is 0.181. The number of hydrogen-bond acceptors (Lipinski definition) is 8. The van der Waals surface area contributed by atoms with Gasteiger partial charge in [-0.1, -0.05) is 12.1 Å². The summed E-state index contributed by atoms with van der Waals surface area (Å²) in [7, 11) is 3.78. The van der Waals surface area contributed by atoms with Crippen LogP contribution in [0.3, 0.4) is 0 Å². The first kappa shape index (κ1) is 22.7. The van der Waals surface area contributed by atoms with Crippen molar-refractivity contribution < 1.29 is 14.3 Å². The van der Waals surface area contributed by atoms with Gasteiger partial charge in [0, 0.05) is 35.8 Å². The molecule has 32 heavy (non-hydrogen) atoms. The molecule has 0 saturated heterocycles. The van der Waals surface area contributed by atoms with Gasteiger partial charge in [0.2, 0.25) is 5.95 Å². The maximum Gasteiger partial charge on any atom is 0.411 e. The van der Waals surface area contributed by atoms with Crippen LogP contribution >= 0.6 is 0 Å². The molecule has 0 atom stereocenters. The second-order valence-corrected chi connectivity index (χ2v) is 7.20. The lowest BCUT2D eigenvalue weighted by molar-refractivity contribution is 0.0987. The summed E-state index contributed by atoms with van der Waals surface area (Å²) in [5.41, 5.74) is 8.43. The quantitative estimate of drug-likeness (QED) is 0.292. The number of aromatic nitrogens is 2. The van der Waals surface area contributed by atoms with Gasteiger partial charge in [-0.3, -0.25) is 10.1 Å². The van der Waals surface area contributed by atoms with Gasteiger partial charge in [0.15, 0.2) is 0 Å². The number of carbonyl (C=O) groups is 2. The number of hydrogen-bond donors (Lipinski definition) is 3. The van der Waals surface area contributed by atoms with Crippen LogP contribution in [-0.4, -0.2) is 54.1 Å². The first-order valence-corrected chi connectivity index (χ1v) is 9.79. The van der Waals surface area contributed by atoms with Crippen molar-refractivity contribution in [3.63, 3.8) is 0 Å². The number of rotatable bonds is 7. The molecule has 2 aromatic carbocycles. The Morgan fingerprint density at radius 3 is 2.38 bits per heavy atom. The molecule has 0 aliphatic carbocycles. The van der Waals surface area contributed by atoms with Crippen molar-refractivity contribution in [2.45, 2.75) is 0 Å². The zero-order valence-corrected chi connectivity index (χ0v) is 17.9. The van der Waals surface area contributed by atoms with E-state index in [1.165, 1.54) is 0 Å². The minimum Gasteiger partial charge on any atom is -0.448 e. The number of ether oxygens (including phenoxy) is 1. The Kier molecular flexibility index (Phi) is 7.32. The third-order valence-electron chi connectivity index (χ3n) is 4.50. The van der Waals surface area contributed by atoms with Crippen molar-refractivity contribution in [2.24, 2.45) is 5.84 Å². The number of nitrogens with two attached hydrogens (primary N) is 2. The number of amides is 2. The number of likely N-dealkylation sites (N-methyl/N-ethyl adjacent to an activating group) is 1. The summed E-state index contributed by atoms with van der Waals surface area (Å²) in [6, 6.07) is 13.5. The second-order valence-electron chi connectivity index (χ2n) is 7.20. The molecular formula is C22H25N7O3. The Morgan fingerprint density at radius 1 is 1.03 bits per heavy atom. The van der Waals surface area contributed by atoms with Gasteiger partial charge in [-0.2, -0.15) is 0 Å². The summed E-state index contributed by atoms with van der Waals surface area (Å²) in [6.07, 6.45) is 2.64. The Morgan fingerprint density at radius 2 is 1.72 bits per heavy atom. The van der Waals surface area contributed by atoms with Crippen molar-refractivity contribution in [3.05, 3.63) is 66.5 Å². The maximum absolute atomic E-state index is 12.8. The summed E-state index contributed by atoms with van der Waals surface area (Å²) in [6.45, 7) is 0.902. The predicted molar refractivity (Wildman–Crippen MR) is 123 cm³/mol. The smallest absolute Gasteiger partial charge is 0.411 e. The molecule has 1 heterocycles. The summed E-state index contributed by atoms with van der Waals surface area (Å²) in [5, 5.41) is 3.67. The van der Waals surface area contributed by atoms with Crippen molar-refractivity contribution in [3.8, 4) is 11.1 Å². The van der Waals surface area contributed by atoms with Gasteiger partial charge in [-0.15, -0.1) is 0 Å². The number of carbonyl (C=O) groups excluding carboxylic acids is 2. The highest BCUT2D eigenvalue weighted by Crippen LogP contribution is 2.24. The van der Waals surface area contributed by atoms with Gasteiger partial charge in [-0.05, 0) is 56.1 Å². The molecule has 0 saturated carbocycles. The van der Waals surface area contributed by atoms with E-state index in [9.17, 15) is 9.59 Å². The van der Waals surface area contributed by atoms with E-state index in [-0.39, 0.29) is 12.6 Å². The zero-order chi connectivity index (χ0) is 23.1. The average molecular weight is 435 g/mol. The lowest BCUT2D eigenvalue weighted by Crippen LogP contribution is -2.37. The van der Waals surface area contributed by atoms with Gasteiger partial charge in [-0.25, -0.2) is 25.6 Å². The number of nitrogens with one attached hydrogen (secondary N) is 1. The van der Waals surface area contributed by atoms with Crippen LogP contribution in [0.1, 0.15) is 10.4 Å². The molecule has 5 N–H and O–H groups in total. The first-order chi connectivity index (χ1) is 15.3. The molecule has 10 heteroatoms. The summed E-state index contributed by atoms with van der Waals surface area (Å²) < 4.78 is 5.08. The molecule has 2 amide bonds. The second kappa shape index (κ2) is 10.3. The van der Waals surface area contributed by atoms with Gasteiger partial charge >= 0.3 is 6.09 Å². The third-order valence-corrected chi connectivity index (χ3v) is 4.50. The minimum atomic E-state index is -0.560. The molecule has 10 nitrogen and oxygen atoms in total. The van der Waals surface area contributed by atoms with Gasteiger partial charge in [0.05, 0.1) is 5.69 Å². The fourth-order valence-corrected chi connectivity index (χ4v) is 2.75. The van der Waals surface area contributed by atoms with E-state index in [2.05, 4.69) is 15.3 Å². The van der Waals surface area contributed by atoms with Crippen LogP contribution in [0.15, 0.2) is 60.9 Å². The van der Waals surface area contributed by atoms with E-state index < -0.39 is 12.0 Å². The SMILES string of the molecule is CN(C)CCOC(=O)Nc1ccc(C(=O)N(N)c2cccc(-c3cnc(N)nc3)c2)cc1. The Labute approximate surface area is 185 Å². The molecular weight excluding hydrogens is 410 g/mol. The zero-order valence-electron chi connectivity index (χ0n) is 17.9. The van der Waals surface area contributed by atoms with E-state index in [1.807, 2.05) is 25.1 Å². The molecule has 0 bridgehead atoms. The molecule has 3 aromatic rings. The number of hydrazine groups is 1. The fraction of sp³-hybridized carbons (Fsp3) is 0.182. The molecule has 0 aliphatic rings. The molecule has 0 radical (unpaired) electrons. The molecule has 0 unspecified atom stereocenters. The number of benzene rings is 2. The topological polar surface area (TPSA) is 140 Å². The van der Waals surface area contributed by atoms with E-state index in [1.54, 1.807) is 54.9 Å². The highest BCUT2D eigenvalue weighted by molar-refractivity contribution is 6.05. The van der Waals surface area contributed by atoms with Crippen LogP contribution < -0.4 is 21.9 Å². The van der Waals surface area contributed by atoms with Crippen LogP contribution in [0.2, 0.25) is 0 Å². The van der Waals surface area contributed by atoms with Crippen molar-refractivity contribution in [1.82, 2.24) is 14.9 Å². The molecule has 1 aromatic heterocycles. The lowest BCUT2D eigenvalue weighted by atomic mass is 10.1. The number of nitrogen functional groups attached to an aromatic ring is 1. The molecule has 3 rings (SSSR count). The Hall–Kier alpha value is -4.02. The highest BCUT2D eigenvalue weighted by Gasteiger charge is 2.15. The van der Waals surface area contributed by atoms with E-state index in [4.69, 9.17) is 16.3 Å². The summed E-state index contributed by atoms with van der Waals surface area (Å²) in [4.78, 5) is 34.5. The van der Waals surface area contributed by atoms with Crippen LogP contribution in [0.25, 0.3) is 11.1 Å². The van der Waals surface area contributed by atoms with Crippen molar-refractivity contribution >= 4 is 29.3 Å². The monoisotopic (exact) mass is 435 g/mol. The third kappa shape index (κ3) is 6.00. The van der Waals surface area contributed by atoms with Crippen molar-refractivity contribution in [2.75, 3.05) is 43.3 Å². The molecule has 0 spiro atoms. The fourth-order valence-electron chi connectivity index (χ4n) is 2.75.